The second-order valence-electron chi connectivity index (χ2n) is 5.08. The molecule has 90 valence electrons. The Morgan fingerprint density at radius 1 is 1.50 bits per heavy atom. The lowest BCUT2D eigenvalue weighted by Crippen LogP contribution is -2.26. The van der Waals surface area contributed by atoms with Gasteiger partial charge in [-0.3, -0.25) is 0 Å². The van der Waals surface area contributed by atoms with Crippen LogP contribution in [0.15, 0.2) is 0 Å². The van der Waals surface area contributed by atoms with Crippen molar-refractivity contribution in [2.75, 3.05) is 11.4 Å². The van der Waals surface area contributed by atoms with Gasteiger partial charge in [0.15, 0.2) is 5.13 Å². The highest BCUT2D eigenvalue weighted by molar-refractivity contribution is 7.15. The Balaban J connectivity index is 2.24. The maximum absolute atomic E-state index is 5.94. The zero-order valence-electron chi connectivity index (χ0n) is 10.5. The molecule has 1 fully saturated rings. The highest BCUT2D eigenvalue weighted by Gasteiger charge is 2.28. The molecule has 3 unspecified atom stereocenters. The summed E-state index contributed by atoms with van der Waals surface area (Å²) < 4.78 is 0. The number of aromatic nitrogens is 1. The third-order valence-electron chi connectivity index (χ3n) is 3.26. The molecule has 0 amide bonds. The van der Waals surface area contributed by atoms with Gasteiger partial charge < -0.3 is 10.6 Å². The van der Waals surface area contributed by atoms with Gasteiger partial charge in [-0.05, 0) is 33.1 Å². The SMILES string of the molecule is Cc1nc(N2CC(C)CC2C)sc1C(C)N. The van der Waals surface area contributed by atoms with Gasteiger partial charge in [0.25, 0.3) is 0 Å². The van der Waals surface area contributed by atoms with Crippen LogP contribution in [0.5, 0.6) is 0 Å². The predicted octanol–water partition coefficient (Wildman–Crippen LogP) is 2.71. The van der Waals surface area contributed by atoms with E-state index in [2.05, 4.69) is 30.7 Å². The largest absolute Gasteiger partial charge is 0.345 e. The normalized spacial score (nSPS) is 27.4. The van der Waals surface area contributed by atoms with Crippen molar-refractivity contribution < 1.29 is 0 Å². The smallest absolute Gasteiger partial charge is 0.186 e. The molecule has 0 radical (unpaired) electrons. The molecule has 2 rings (SSSR count). The van der Waals surface area contributed by atoms with E-state index in [-0.39, 0.29) is 6.04 Å². The summed E-state index contributed by atoms with van der Waals surface area (Å²) in [5.74, 6) is 0.776. The lowest BCUT2D eigenvalue weighted by molar-refractivity contribution is 0.625. The Labute approximate surface area is 102 Å². The second kappa shape index (κ2) is 4.34. The molecule has 4 heteroatoms. The van der Waals surface area contributed by atoms with Gasteiger partial charge in [0.1, 0.15) is 0 Å². The second-order valence-corrected chi connectivity index (χ2v) is 6.09. The Kier molecular flexibility index (Phi) is 3.22. The van der Waals surface area contributed by atoms with Crippen LogP contribution in [0.1, 0.15) is 43.8 Å². The quantitative estimate of drug-likeness (QED) is 0.863. The molecule has 16 heavy (non-hydrogen) atoms. The molecule has 0 saturated carbocycles. The van der Waals surface area contributed by atoms with Crippen molar-refractivity contribution in [3.05, 3.63) is 10.6 Å². The van der Waals surface area contributed by atoms with Crippen LogP contribution in [0.4, 0.5) is 5.13 Å². The fourth-order valence-electron chi connectivity index (χ4n) is 2.51. The van der Waals surface area contributed by atoms with E-state index in [9.17, 15) is 0 Å². The van der Waals surface area contributed by atoms with Crippen LogP contribution in [0.2, 0.25) is 0 Å². The summed E-state index contributed by atoms with van der Waals surface area (Å²) in [6.45, 7) is 9.81. The highest BCUT2D eigenvalue weighted by atomic mass is 32.1. The fourth-order valence-corrected chi connectivity index (χ4v) is 3.64. The van der Waals surface area contributed by atoms with Crippen LogP contribution in [0.3, 0.4) is 0 Å². The van der Waals surface area contributed by atoms with Crippen molar-refractivity contribution in [3.63, 3.8) is 0 Å². The van der Waals surface area contributed by atoms with Gasteiger partial charge in [-0.2, -0.15) is 0 Å². The average molecular weight is 239 g/mol. The first-order chi connectivity index (χ1) is 7.49. The molecule has 3 nitrogen and oxygen atoms in total. The molecule has 0 aliphatic carbocycles. The van der Waals surface area contributed by atoms with E-state index in [1.807, 2.05) is 6.92 Å². The van der Waals surface area contributed by atoms with Crippen molar-refractivity contribution in [1.82, 2.24) is 4.98 Å². The molecule has 1 aromatic heterocycles. The number of hydrogen-bond donors (Lipinski definition) is 1. The maximum atomic E-state index is 5.94. The molecular formula is C12H21N3S. The molecule has 0 aromatic carbocycles. The first kappa shape index (κ1) is 11.9. The molecule has 1 aliphatic rings. The van der Waals surface area contributed by atoms with Gasteiger partial charge in [0.2, 0.25) is 0 Å². The Bertz CT molecular complexity index is 372. The summed E-state index contributed by atoms with van der Waals surface area (Å²) >= 11 is 1.76. The van der Waals surface area contributed by atoms with Gasteiger partial charge in [0, 0.05) is 23.5 Å². The minimum atomic E-state index is 0.0987. The predicted molar refractivity (Wildman–Crippen MR) is 70.0 cm³/mol. The zero-order chi connectivity index (χ0) is 11.9. The number of thiazole rings is 1. The first-order valence-corrected chi connectivity index (χ1v) is 6.80. The van der Waals surface area contributed by atoms with Gasteiger partial charge in [-0.1, -0.05) is 6.92 Å². The molecular weight excluding hydrogens is 218 g/mol. The molecule has 0 spiro atoms. The standard InChI is InChI=1S/C12H21N3S/c1-7-5-8(2)15(6-7)12-14-10(4)11(16-12)9(3)13/h7-9H,5-6,13H2,1-4H3. The molecule has 1 aliphatic heterocycles. The number of rotatable bonds is 2. The van der Waals surface area contributed by atoms with Crippen molar-refractivity contribution in [2.24, 2.45) is 11.7 Å². The highest BCUT2D eigenvalue weighted by Crippen LogP contribution is 2.35. The third kappa shape index (κ3) is 2.09. The van der Waals surface area contributed by atoms with Gasteiger partial charge in [-0.25, -0.2) is 4.98 Å². The molecule has 2 heterocycles. The van der Waals surface area contributed by atoms with Crippen LogP contribution >= 0.6 is 11.3 Å². The lowest BCUT2D eigenvalue weighted by atomic mass is 10.1. The van der Waals surface area contributed by atoms with E-state index < -0.39 is 0 Å². The van der Waals surface area contributed by atoms with Crippen molar-refractivity contribution in [1.29, 1.82) is 0 Å². The van der Waals surface area contributed by atoms with E-state index in [1.165, 1.54) is 11.3 Å². The summed E-state index contributed by atoms with van der Waals surface area (Å²) in [6, 6.07) is 0.711. The van der Waals surface area contributed by atoms with Gasteiger partial charge >= 0.3 is 0 Å². The van der Waals surface area contributed by atoms with Crippen molar-refractivity contribution >= 4 is 16.5 Å². The molecule has 1 aromatic rings. The van der Waals surface area contributed by atoms with Gasteiger partial charge in [0.05, 0.1) is 5.69 Å². The lowest BCUT2D eigenvalue weighted by Gasteiger charge is -2.20. The summed E-state index contributed by atoms with van der Waals surface area (Å²) in [7, 11) is 0. The number of aryl methyl sites for hydroxylation is 1. The minimum Gasteiger partial charge on any atom is -0.345 e. The van der Waals surface area contributed by atoms with Gasteiger partial charge in [-0.15, -0.1) is 11.3 Å². The van der Waals surface area contributed by atoms with E-state index in [4.69, 9.17) is 5.73 Å². The van der Waals surface area contributed by atoms with Crippen LogP contribution in [0, 0.1) is 12.8 Å². The van der Waals surface area contributed by atoms with E-state index in [0.717, 1.165) is 23.3 Å². The van der Waals surface area contributed by atoms with Crippen molar-refractivity contribution in [3.8, 4) is 0 Å². The van der Waals surface area contributed by atoms with Crippen LogP contribution < -0.4 is 10.6 Å². The Morgan fingerprint density at radius 2 is 2.19 bits per heavy atom. The maximum Gasteiger partial charge on any atom is 0.186 e. The molecule has 0 bridgehead atoms. The van der Waals surface area contributed by atoms with Crippen LogP contribution in [-0.4, -0.2) is 17.6 Å². The third-order valence-corrected chi connectivity index (χ3v) is 4.66. The van der Waals surface area contributed by atoms with Crippen LogP contribution in [0.25, 0.3) is 0 Å². The van der Waals surface area contributed by atoms with Crippen LogP contribution in [-0.2, 0) is 0 Å². The minimum absolute atomic E-state index is 0.0987. The Hall–Kier alpha value is -0.610. The average Bonchev–Trinajstić information content (AvgIpc) is 2.69. The summed E-state index contributed by atoms with van der Waals surface area (Å²) in [4.78, 5) is 8.31. The zero-order valence-corrected chi connectivity index (χ0v) is 11.3. The molecule has 1 saturated heterocycles. The van der Waals surface area contributed by atoms with E-state index in [1.54, 1.807) is 11.3 Å². The van der Waals surface area contributed by atoms with E-state index >= 15 is 0 Å². The summed E-state index contributed by atoms with van der Waals surface area (Å²) in [6.07, 6.45) is 1.27. The molecule has 3 atom stereocenters. The number of hydrogen-bond acceptors (Lipinski definition) is 4. The first-order valence-electron chi connectivity index (χ1n) is 5.98. The summed E-state index contributed by atoms with van der Waals surface area (Å²) in [5, 5.41) is 1.15. The molecule has 2 N–H and O–H groups in total. The topological polar surface area (TPSA) is 42.2 Å². The van der Waals surface area contributed by atoms with Crippen molar-refractivity contribution in [2.45, 2.75) is 46.2 Å². The van der Waals surface area contributed by atoms with E-state index in [0.29, 0.717) is 6.04 Å². The number of nitrogens with zero attached hydrogens (tertiary/aromatic N) is 2. The number of nitrogens with two attached hydrogens (primary N) is 1. The summed E-state index contributed by atoms with van der Waals surface area (Å²) in [5.41, 5.74) is 7.04. The monoisotopic (exact) mass is 239 g/mol. The Morgan fingerprint density at radius 3 is 2.62 bits per heavy atom. The number of anilines is 1. The fraction of sp³-hybridized carbons (Fsp3) is 0.750.